The number of carbonyl (C=O) groups excluding carboxylic acids is 1. The minimum atomic E-state index is -0.517. The van der Waals surface area contributed by atoms with Gasteiger partial charge < -0.3 is 9.26 Å². The highest BCUT2D eigenvalue weighted by Crippen LogP contribution is 2.25. The number of esters is 1. The summed E-state index contributed by atoms with van der Waals surface area (Å²) in [5.74, 6) is -0.160. The van der Waals surface area contributed by atoms with Gasteiger partial charge in [0.1, 0.15) is 5.92 Å². The summed E-state index contributed by atoms with van der Waals surface area (Å²) in [5.41, 5.74) is 0.721. The highest BCUT2D eigenvalue weighted by atomic mass is 79.9. The van der Waals surface area contributed by atoms with Crippen LogP contribution in [-0.4, -0.2) is 27.7 Å². The summed E-state index contributed by atoms with van der Waals surface area (Å²) in [6.07, 6.45) is 4.73. The smallest absolute Gasteiger partial charge is 0.318 e. The van der Waals surface area contributed by atoms with Gasteiger partial charge in [0.15, 0.2) is 0 Å². The third-order valence-electron chi connectivity index (χ3n) is 2.85. The Morgan fingerprint density at radius 1 is 1.43 bits per heavy atom. The Hall–Kier alpha value is -1.76. The van der Waals surface area contributed by atoms with E-state index in [4.69, 9.17) is 9.26 Å². The van der Waals surface area contributed by atoms with Gasteiger partial charge in [0.25, 0.3) is 0 Å². The average molecular weight is 354 g/mol. The van der Waals surface area contributed by atoms with E-state index in [2.05, 4.69) is 31.1 Å². The molecule has 0 saturated carbocycles. The van der Waals surface area contributed by atoms with Crippen molar-refractivity contribution in [3.8, 4) is 11.4 Å². The Morgan fingerprint density at radius 2 is 2.24 bits per heavy atom. The van der Waals surface area contributed by atoms with Crippen LogP contribution in [0.15, 0.2) is 27.5 Å². The van der Waals surface area contributed by atoms with Gasteiger partial charge in [-0.15, -0.1) is 0 Å². The summed E-state index contributed by atoms with van der Waals surface area (Å²) in [6, 6.07) is 1.83. The molecule has 6 nitrogen and oxygen atoms in total. The molecule has 0 bridgehead atoms. The first kappa shape index (κ1) is 15.6. The SMILES string of the molecule is CCCC(C(=O)OCC)c1nc(-c2cncc(Br)c2)no1. The van der Waals surface area contributed by atoms with Crippen molar-refractivity contribution in [1.29, 1.82) is 0 Å². The number of halogens is 1. The van der Waals surface area contributed by atoms with Gasteiger partial charge in [-0.1, -0.05) is 18.5 Å². The molecule has 0 aromatic carbocycles. The van der Waals surface area contributed by atoms with Crippen molar-refractivity contribution in [2.45, 2.75) is 32.6 Å². The monoisotopic (exact) mass is 353 g/mol. The van der Waals surface area contributed by atoms with E-state index in [9.17, 15) is 4.79 Å². The van der Waals surface area contributed by atoms with E-state index in [1.165, 1.54) is 0 Å². The number of carbonyl (C=O) groups is 1. The molecule has 0 aliphatic rings. The van der Waals surface area contributed by atoms with Crippen LogP contribution in [0.4, 0.5) is 0 Å². The highest BCUT2D eigenvalue weighted by molar-refractivity contribution is 9.10. The number of aromatic nitrogens is 3. The molecule has 112 valence electrons. The van der Waals surface area contributed by atoms with Gasteiger partial charge in [0.2, 0.25) is 11.7 Å². The molecule has 1 unspecified atom stereocenters. The zero-order valence-corrected chi connectivity index (χ0v) is 13.5. The second-order valence-electron chi connectivity index (χ2n) is 4.44. The van der Waals surface area contributed by atoms with Crippen molar-refractivity contribution in [2.75, 3.05) is 6.61 Å². The minimum Gasteiger partial charge on any atom is -0.465 e. The first-order valence-corrected chi connectivity index (χ1v) is 7.56. The summed E-state index contributed by atoms with van der Waals surface area (Å²) >= 11 is 3.34. The number of hydrogen-bond acceptors (Lipinski definition) is 6. The third kappa shape index (κ3) is 3.87. The molecule has 2 rings (SSSR count). The van der Waals surface area contributed by atoms with E-state index in [0.29, 0.717) is 18.9 Å². The zero-order chi connectivity index (χ0) is 15.2. The quantitative estimate of drug-likeness (QED) is 0.741. The summed E-state index contributed by atoms with van der Waals surface area (Å²) in [7, 11) is 0. The van der Waals surface area contributed by atoms with Gasteiger partial charge in [-0.3, -0.25) is 9.78 Å². The van der Waals surface area contributed by atoms with Crippen LogP contribution in [0, 0.1) is 0 Å². The molecule has 0 saturated heterocycles. The van der Waals surface area contributed by atoms with Crippen LogP contribution in [0.2, 0.25) is 0 Å². The first-order valence-electron chi connectivity index (χ1n) is 6.76. The van der Waals surface area contributed by atoms with Crippen molar-refractivity contribution in [2.24, 2.45) is 0 Å². The maximum Gasteiger partial charge on any atom is 0.318 e. The average Bonchev–Trinajstić information content (AvgIpc) is 2.94. The summed E-state index contributed by atoms with van der Waals surface area (Å²) in [6.45, 7) is 4.09. The molecule has 2 heterocycles. The Bertz CT molecular complexity index is 615. The molecule has 0 radical (unpaired) electrons. The van der Waals surface area contributed by atoms with Crippen molar-refractivity contribution in [1.82, 2.24) is 15.1 Å². The molecule has 1 atom stereocenters. The van der Waals surface area contributed by atoms with Gasteiger partial charge >= 0.3 is 5.97 Å². The standard InChI is InChI=1S/C14H16BrN3O3/c1-3-5-11(14(19)20-4-2)13-17-12(18-21-13)9-6-10(15)8-16-7-9/h6-8,11H,3-5H2,1-2H3. The summed E-state index contributed by atoms with van der Waals surface area (Å²) in [4.78, 5) is 20.3. The Morgan fingerprint density at radius 3 is 2.90 bits per heavy atom. The lowest BCUT2D eigenvalue weighted by atomic mass is 10.0. The molecule has 0 fully saturated rings. The van der Waals surface area contributed by atoms with Gasteiger partial charge in [-0.2, -0.15) is 4.98 Å². The molecule has 7 heteroatoms. The fraction of sp³-hybridized carbons (Fsp3) is 0.429. The second kappa shape index (κ2) is 7.31. The lowest BCUT2D eigenvalue weighted by Gasteiger charge is -2.09. The fourth-order valence-corrected chi connectivity index (χ4v) is 2.27. The molecule has 0 N–H and O–H groups in total. The molecule has 0 aliphatic heterocycles. The van der Waals surface area contributed by atoms with E-state index in [-0.39, 0.29) is 11.9 Å². The normalized spacial score (nSPS) is 12.1. The van der Waals surface area contributed by atoms with Gasteiger partial charge in [-0.25, -0.2) is 0 Å². The lowest BCUT2D eigenvalue weighted by Crippen LogP contribution is -2.16. The molecular weight excluding hydrogens is 338 g/mol. The highest BCUT2D eigenvalue weighted by Gasteiger charge is 2.27. The molecular formula is C14H16BrN3O3. The maximum absolute atomic E-state index is 12.0. The van der Waals surface area contributed by atoms with Crippen LogP contribution >= 0.6 is 15.9 Å². The van der Waals surface area contributed by atoms with E-state index < -0.39 is 5.92 Å². The van der Waals surface area contributed by atoms with Crippen molar-refractivity contribution in [3.05, 3.63) is 28.8 Å². The molecule has 21 heavy (non-hydrogen) atoms. The van der Waals surface area contributed by atoms with Gasteiger partial charge in [0.05, 0.1) is 6.61 Å². The summed E-state index contributed by atoms with van der Waals surface area (Å²) in [5, 5.41) is 3.92. The summed E-state index contributed by atoms with van der Waals surface area (Å²) < 4.78 is 11.1. The van der Waals surface area contributed by atoms with E-state index in [1.54, 1.807) is 19.3 Å². The van der Waals surface area contributed by atoms with Crippen LogP contribution in [0.3, 0.4) is 0 Å². The minimum absolute atomic E-state index is 0.283. The first-order chi connectivity index (χ1) is 10.2. The number of rotatable bonds is 6. The van der Waals surface area contributed by atoms with Crippen LogP contribution in [0.25, 0.3) is 11.4 Å². The fourth-order valence-electron chi connectivity index (χ4n) is 1.90. The topological polar surface area (TPSA) is 78.1 Å². The van der Waals surface area contributed by atoms with Crippen LogP contribution in [-0.2, 0) is 9.53 Å². The number of pyridine rings is 1. The van der Waals surface area contributed by atoms with Crippen LogP contribution < -0.4 is 0 Å². The van der Waals surface area contributed by atoms with Crippen molar-refractivity contribution in [3.63, 3.8) is 0 Å². The molecule has 0 spiro atoms. The van der Waals surface area contributed by atoms with Crippen LogP contribution in [0.5, 0.6) is 0 Å². The molecule has 0 amide bonds. The Kier molecular flexibility index (Phi) is 5.44. The van der Waals surface area contributed by atoms with E-state index >= 15 is 0 Å². The molecule has 0 aliphatic carbocycles. The predicted octanol–water partition coefficient (Wildman–Crippen LogP) is 3.34. The van der Waals surface area contributed by atoms with Gasteiger partial charge in [-0.05, 0) is 35.3 Å². The van der Waals surface area contributed by atoms with Gasteiger partial charge in [0, 0.05) is 22.4 Å². The molecule has 2 aromatic heterocycles. The van der Waals surface area contributed by atoms with E-state index in [0.717, 1.165) is 16.5 Å². The number of nitrogens with zero attached hydrogens (tertiary/aromatic N) is 3. The Labute approximate surface area is 131 Å². The number of ether oxygens (including phenoxy) is 1. The Balaban J connectivity index is 2.26. The lowest BCUT2D eigenvalue weighted by molar-refractivity contribution is -0.145. The second-order valence-corrected chi connectivity index (χ2v) is 5.36. The van der Waals surface area contributed by atoms with Crippen molar-refractivity contribution >= 4 is 21.9 Å². The number of hydrogen-bond donors (Lipinski definition) is 0. The largest absolute Gasteiger partial charge is 0.465 e. The maximum atomic E-state index is 12.0. The van der Waals surface area contributed by atoms with E-state index in [1.807, 2.05) is 13.0 Å². The van der Waals surface area contributed by atoms with Crippen LogP contribution in [0.1, 0.15) is 38.5 Å². The molecule has 2 aromatic rings. The van der Waals surface area contributed by atoms with Crippen molar-refractivity contribution < 1.29 is 14.1 Å². The zero-order valence-electron chi connectivity index (χ0n) is 11.9. The third-order valence-corrected chi connectivity index (χ3v) is 3.29. The predicted molar refractivity (Wildman–Crippen MR) is 79.5 cm³/mol.